The second kappa shape index (κ2) is 5.77. The van der Waals surface area contributed by atoms with Crippen molar-refractivity contribution < 1.29 is 19.1 Å². The SMILES string of the molecule is CCCc1cc(=O)oc2cc(O[C@H](C)C(=O)[O-])ccc12. The predicted octanol–water partition coefficient (Wildman–Crippen LogP) is 1.26. The number of aryl methyl sites for hydroxylation is 1. The molecule has 0 spiro atoms. The van der Waals surface area contributed by atoms with Crippen LogP contribution in [0, 0.1) is 0 Å². The third-order valence-corrected chi connectivity index (χ3v) is 2.97. The summed E-state index contributed by atoms with van der Waals surface area (Å²) in [4.78, 5) is 22.2. The van der Waals surface area contributed by atoms with E-state index >= 15 is 0 Å². The normalized spacial score (nSPS) is 12.3. The molecule has 0 fully saturated rings. The number of carbonyl (C=O) groups is 1. The van der Waals surface area contributed by atoms with Crippen LogP contribution in [0.25, 0.3) is 11.0 Å². The summed E-state index contributed by atoms with van der Waals surface area (Å²) < 4.78 is 10.3. The first-order valence-corrected chi connectivity index (χ1v) is 6.45. The lowest BCUT2D eigenvalue weighted by molar-refractivity contribution is -0.312. The van der Waals surface area contributed by atoms with Gasteiger partial charge in [0.05, 0.1) is 5.97 Å². The molecule has 1 heterocycles. The van der Waals surface area contributed by atoms with Crippen LogP contribution in [-0.4, -0.2) is 12.1 Å². The first-order valence-electron chi connectivity index (χ1n) is 6.45. The summed E-state index contributed by atoms with van der Waals surface area (Å²) in [7, 11) is 0. The van der Waals surface area contributed by atoms with Crippen LogP contribution in [0.3, 0.4) is 0 Å². The molecule has 1 aromatic carbocycles. The van der Waals surface area contributed by atoms with Crippen molar-refractivity contribution in [3.63, 3.8) is 0 Å². The second-order valence-electron chi connectivity index (χ2n) is 4.58. The van der Waals surface area contributed by atoms with Crippen molar-refractivity contribution in [2.24, 2.45) is 0 Å². The highest BCUT2D eigenvalue weighted by Crippen LogP contribution is 2.24. The molecule has 20 heavy (non-hydrogen) atoms. The van der Waals surface area contributed by atoms with Crippen molar-refractivity contribution in [2.75, 3.05) is 0 Å². The number of rotatable bonds is 5. The van der Waals surface area contributed by atoms with Gasteiger partial charge in [0.2, 0.25) is 0 Å². The van der Waals surface area contributed by atoms with Crippen LogP contribution in [-0.2, 0) is 11.2 Å². The molecule has 0 aliphatic rings. The highest BCUT2D eigenvalue weighted by atomic mass is 16.5. The topological polar surface area (TPSA) is 79.6 Å². The Kier molecular flexibility index (Phi) is 4.08. The van der Waals surface area contributed by atoms with Crippen LogP contribution < -0.4 is 15.5 Å². The van der Waals surface area contributed by atoms with Gasteiger partial charge in [0.25, 0.3) is 0 Å². The Morgan fingerprint density at radius 2 is 2.15 bits per heavy atom. The molecular formula is C15H15O5-. The Labute approximate surface area is 115 Å². The van der Waals surface area contributed by atoms with Crippen molar-refractivity contribution in [1.29, 1.82) is 0 Å². The minimum Gasteiger partial charge on any atom is -0.546 e. The van der Waals surface area contributed by atoms with Crippen LogP contribution in [0.1, 0.15) is 25.8 Å². The van der Waals surface area contributed by atoms with E-state index in [1.165, 1.54) is 19.1 Å². The number of carbonyl (C=O) groups excluding carboxylic acids is 1. The summed E-state index contributed by atoms with van der Waals surface area (Å²) in [6.07, 6.45) is 0.619. The molecule has 106 valence electrons. The van der Waals surface area contributed by atoms with E-state index in [9.17, 15) is 14.7 Å². The Morgan fingerprint density at radius 3 is 2.80 bits per heavy atom. The van der Waals surface area contributed by atoms with Gasteiger partial charge in [-0.15, -0.1) is 0 Å². The summed E-state index contributed by atoms with van der Waals surface area (Å²) in [6.45, 7) is 3.41. The van der Waals surface area contributed by atoms with E-state index in [0.29, 0.717) is 11.3 Å². The van der Waals surface area contributed by atoms with Crippen molar-refractivity contribution in [2.45, 2.75) is 32.8 Å². The molecule has 1 atom stereocenters. The number of benzene rings is 1. The maximum Gasteiger partial charge on any atom is 0.336 e. The van der Waals surface area contributed by atoms with E-state index in [0.717, 1.165) is 23.8 Å². The molecule has 0 saturated carbocycles. The van der Waals surface area contributed by atoms with Crippen molar-refractivity contribution >= 4 is 16.9 Å². The van der Waals surface area contributed by atoms with Crippen LogP contribution in [0.2, 0.25) is 0 Å². The number of hydrogen-bond acceptors (Lipinski definition) is 5. The van der Waals surface area contributed by atoms with E-state index in [1.54, 1.807) is 12.1 Å². The highest BCUT2D eigenvalue weighted by Gasteiger charge is 2.09. The number of carboxylic acid groups (broad SMARTS) is 1. The molecule has 0 aliphatic heterocycles. The maximum atomic E-state index is 11.5. The molecule has 0 amide bonds. The summed E-state index contributed by atoms with van der Waals surface area (Å²) >= 11 is 0. The largest absolute Gasteiger partial charge is 0.546 e. The summed E-state index contributed by atoms with van der Waals surface area (Å²) in [5.41, 5.74) is 0.883. The fraction of sp³-hybridized carbons (Fsp3) is 0.333. The Bertz CT molecular complexity index is 686. The molecule has 1 aromatic heterocycles. The van der Waals surface area contributed by atoms with Gasteiger partial charge in [-0.05, 0) is 31.0 Å². The molecule has 0 radical (unpaired) electrons. The second-order valence-corrected chi connectivity index (χ2v) is 4.58. The van der Waals surface area contributed by atoms with E-state index in [1.807, 2.05) is 6.92 Å². The molecular weight excluding hydrogens is 260 g/mol. The Balaban J connectivity index is 2.44. The average molecular weight is 275 g/mol. The minimum absolute atomic E-state index is 0.325. The lowest BCUT2D eigenvalue weighted by atomic mass is 10.1. The van der Waals surface area contributed by atoms with E-state index in [-0.39, 0.29) is 0 Å². The maximum absolute atomic E-state index is 11.5. The smallest absolute Gasteiger partial charge is 0.336 e. The van der Waals surface area contributed by atoms with Gasteiger partial charge in [-0.3, -0.25) is 0 Å². The zero-order valence-corrected chi connectivity index (χ0v) is 11.3. The van der Waals surface area contributed by atoms with Crippen molar-refractivity contribution in [3.8, 4) is 5.75 Å². The molecule has 0 N–H and O–H groups in total. The Hall–Kier alpha value is -2.30. The number of carboxylic acids is 1. The standard InChI is InChI=1S/C15H16O5/c1-3-4-10-7-14(16)20-13-8-11(5-6-12(10)13)19-9(2)15(17)18/h5-9H,3-4H2,1-2H3,(H,17,18)/p-1/t9-/m1/s1. The molecule has 0 bridgehead atoms. The van der Waals surface area contributed by atoms with Gasteiger partial charge in [-0.25, -0.2) is 4.79 Å². The van der Waals surface area contributed by atoms with Gasteiger partial charge in [-0.2, -0.15) is 0 Å². The van der Waals surface area contributed by atoms with E-state index in [2.05, 4.69) is 0 Å². The number of ether oxygens (including phenoxy) is 1. The molecule has 5 heteroatoms. The fourth-order valence-corrected chi connectivity index (χ4v) is 2.01. The number of aliphatic carboxylic acids is 1. The van der Waals surface area contributed by atoms with Gasteiger partial charge >= 0.3 is 5.63 Å². The molecule has 0 unspecified atom stereocenters. The van der Waals surface area contributed by atoms with Crippen LogP contribution in [0.15, 0.2) is 33.5 Å². The van der Waals surface area contributed by atoms with Crippen molar-refractivity contribution in [3.05, 3.63) is 40.2 Å². The van der Waals surface area contributed by atoms with Crippen molar-refractivity contribution in [1.82, 2.24) is 0 Å². The quantitative estimate of drug-likeness (QED) is 0.767. The predicted molar refractivity (Wildman–Crippen MR) is 71.6 cm³/mol. The fourth-order valence-electron chi connectivity index (χ4n) is 2.01. The van der Waals surface area contributed by atoms with Crippen LogP contribution in [0.5, 0.6) is 5.75 Å². The number of fused-ring (bicyclic) bond motifs is 1. The summed E-state index contributed by atoms with van der Waals surface area (Å²) in [6, 6.07) is 6.42. The van der Waals surface area contributed by atoms with Gasteiger partial charge in [-0.1, -0.05) is 13.3 Å². The highest BCUT2D eigenvalue weighted by molar-refractivity contribution is 5.81. The van der Waals surface area contributed by atoms with Gasteiger partial charge in [0, 0.05) is 17.5 Å². The molecule has 2 rings (SSSR count). The zero-order chi connectivity index (χ0) is 14.7. The van der Waals surface area contributed by atoms with E-state index < -0.39 is 17.7 Å². The monoisotopic (exact) mass is 275 g/mol. The van der Waals surface area contributed by atoms with Gasteiger partial charge in [0.1, 0.15) is 17.4 Å². The van der Waals surface area contributed by atoms with Crippen LogP contribution in [0.4, 0.5) is 0 Å². The average Bonchev–Trinajstić information content (AvgIpc) is 2.38. The summed E-state index contributed by atoms with van der Waals surface area (Å²) in [5.74, 6) is -0.975. The number of hydrogen-bond donors (Lipinski definition) is 0. The molecule has 0 saturated heterocycles. The molecule has 0 aliphatic carbocycles. The third-order valence-electron chi connectivity index (χ3n) is 2.97. The zero-order valence-electron chi connectivity index (χ0n) is 11.3. The lowest BCUT2D eigenvalue weighted by Crippen LogP contribution is -2.37. The lowest BCUT2D eigenvalue weighted by Gasteiger charge is -2.15. The van der Waals surface area contributed by atoms with E-state index in [4.69, 9.17) is 9.15 Å². The van der Waals surface area contributed by atoms with Gasteiger partial charge < -0.3 is 19.1 Å². The molecule has 5 nitrogen and oxygen atoms in total. The van der Waals surface area contributed by atoms with Gasteiger partial charge in [0.15, 0.2) is 0 Å². The van der Waals surface area contributed by atoms with Crippen LogP contribution >= 0.6 is 0 Å². The first kappa shape index (κ1) is 14.1. The summed E-state index contributed by atoms with van der Waals surface area (Å²) in [5, 5.41) is 11.5. The minimum atomic E-state index is -1.30. The Morgan fingerprint density at radius 1 is 1.40 bits per heavy atom. The third kappa shape index (κ3) is 2.99. The molecule has 2 aromatic rings. The first-order chi connectivity index (χ1) is 9.51.